The van der Waals surface area contributed by atoms with E-state index in [-0.39, 0.29) is 23.6 Å². The van der Waals surface area contributed by atoms with Crippen LogP contribution in [0.25, 0.3) is 11.0 Å². The van der Waals surface area contributed by atoms with Gasteiger partial charge in [-0.2, -0.15) is 0 Å². The van der Waals surface area contributed by atoms with Gasteiger partial charge in [0.1, 0.15) is 5.69 Å². The summed E-state index contributed by atoms with van der Waals surface area (Å²) in [6.45, 7) is 1.78. The van der Waals surface area contributed by atoms with Gasteiger partial charge in [0.25, 0.3) is 11.5 Å². The van der Waals surface area contributed by atoms with Gasteiger partial charge in [0.05, 0.1) is 5.39 Å². The first kappa shape index (κ1) is 11.9. The highest BCUT2D eigenvalue weighted by molar-refractivity contribution is 5.95. The van der Waals surface area contributed by atoms with Gasteiger partial charge >= 0.3 is 0 Å². The van der Waals surface area contributed by atoms with Crippen molar-refractivity contribution in [2.45, 2.75) is 31.8 Å². The number of aryl methyl sites for hydroxylation is 1. The lowest BCUT2D eigenvalue weighted by Gasteiger charge is -2.33. The summed E-state index contributed by atoms with van der Waals surface area (Å²) in [5.41, 5.74) is 6.96. The second-order valence-electron chi connectivity index (χ2n) is 4.95. The first-order valence-electron chi connectivity index (χ1n) is 6.20. The van der Waals surface area contributed by atoms with Gasteiger partial charge in [-0.25, -0.2) is 4.98 Å². The molecule has 0 saturated heterocycles. The highest BCUT2D eigenvalue weighted by Crippen LogP contribution is 2.18. The van der Waals surface area contributed by atoms with Gasteiger partial charge in [-0.05, 0) is 31.4 Å². The zero-order valence-electron chi connectivity index (χ0n) is 10.5. The Morgan fingerprint density at radius 1 is 1.47 bits per heavy atom. The molecule has 1 saturated carbocycles. The molecule has 2 heterocycles. The van der Waals surface area contributed by atoms with Crippen molar-refractivity contribution in [3.8, 4) is 0 Å². The summed E-state index contributed by atoms with van der Waals surface area (Å²) >= 11 is 0. The van der Waals surface area contributed by atoms with Gasteiger partial charge in [-0.3, -0.25) is 19.8 Å². The minimum atomic E-state index is -0.257. The molecule has 1 aliphatic rings. The number of nitrogens with one attached hydrogen (secondary N) is 3. The Balaban J connectivity index is 1.92. The molecule has 2 aromatic rings. The molecule has 7 heteroatoms. The Morgan fingerprint density at radius 2 is 2.26 bits per heavy atom. The highest BCUT2D eigenvalue weighted by Gasteiger charge is 2.29. The number of H-pyrrole nitrogens is 2. The molecule has 1 fully saturated rings. The average Bonchev–Trinajstić information content (AvgIpc) is 2.76. The molecule has 19 heavy (non-hydrogen) atoms. The van der Waals surface area contributed by atoms with Crippen molar-refractivity contribution in [2.24, 2.45) is 5.73 Å². The molecule has 1 amide bonds. The van der Waals surface area contributed by atoms with E-state index in [4.69, 9.17) is 5.73 Å². The molecule has 5 N–H and O–H groups in total. The fraction of sp³-hybridized carbons (Fsp3) is 0.417. The maximum atomic E-state index is 12.1. The molecule has 0 aromatic carbocycles. The summed E-state index contributed by atoms with van der Waals surface area (Å²) in [5, 5.41) is 8.46. The van der Waals surface area contributed by atoms with Crippen LogP contribution < -0.4 is 16.6 Å². The molecule has 2 atom stereocenters. The topological polar surface area (TPSA) is 117 Å². The van der Waals surface area contributed by atoms with Crippen molar-refractivity contribution in [3.63, 3.8) is 0 Å². The number of amides is 1. The first-order chi connectivity index (χ1) is 9.06. The number of hydrogen-bond donors (Lipinski definition) is 4. The van der Waals surface area contributed by atoms with E-state index < -0.39 is 0 Å². The average molecular weight is 261 g/mol. The fourth-order valence-corrected chi connectivity index (χ4v) is 2.29. The lowest BCUT2D eigenvalue weighted by atomic mass is 9.87. The van der Waals surface area contributed by atoms with Gasteiger partial charge in [-0.1, -0.05) is 0 Å². The van der Waals surface area contributed by atoms with E-state index in [0.717, 1.165) is 18.4 Å². The molecule has 0 radical (unpaired) electrons. The van der Waals surface area contributed by atoms with Crippen molar-refractivity contribution >= 4 is 16.9 Å². The second-order valence-corrected chi connectivity index (χ2v) is 4.95. The minimum absolute atomic E-state index is 0.0237. The standard InChI is InChI=1S/C12H15N5O2/c1-5-4-8(11(18)15-7-3-2-6(7)13)14-10-9(5)12(19)17-16-10/h4,6-7H,2-3,13H2,1H3,(H,15,18)(H2,14,16,17,19)/t6-,7+/m0/s1. The van der Waals surface area contributed by atoms with E-state index in [0.29, 0.717) is 16.7 Å². The maximum absolute atomic E-state index is 12.1. The van der Waals surface area contributed by atoms with E-state index in [1.165, 1.54) is 0 Å². The lowest BCUT2D eigenvalue weighted by molar-refractivity contribution is 0.0901. The van der Waals surface area contributed by atoms with Crippen molar-refractivity contribution < 1.29 is 4.79 Å². The molecule has 1 aliphatic carbocycles. The Morgan fingerprint density at radius 3 is 2.89 bits per heavy atom. The predicted octanol–water partition coefficient (Wildman–Crippen LogP) is -0.221. The molecule has 7 nitrogen and oxygen atoms in total. The van der Waals surface area contributed by atoms with E-state index in [2.05, 4.69) is 20.5 Å². The number of hydrogen-bond acceptors (Lipinski definition) is 4. The summed E-state index contributed by atoms with van der Waals surface area (Å²) in [4.78, 5) is 27.7. The lowest BCUT2D eigenvalue weighted by Crippen LogP contribution is -2.54. The summed E-state index contributed by atoms with van der Waals surface area (Å²) in [5.74, 6) is -0.257. The quantitative estimate of drug-likeness (QED) is 0.597. The predicted molar refractivity (Wildman–Crippen MR) is 69.9 cm³/mol. The molecular weight excluding hydrogens is 246 g/mol. The van der Waals surface area contributed by atoms with Crippen LogP contribution in [0.1, 0.15) is 28.9 Å². The number of carbonyl (C=O) groups excluding carboxylic acids is 1. The summed E-state index contributed by atoms with van der Waals surface area (Å²) in [7, 11) is 0. The molecule has 0 unspecified atom stereocenters. The van der Waals surface area contributed by atoms with E-state index >= 15 is 0 Å². The van der Waals surface area contributed by atoms with Gasteiger partial charge in [0.2, 0.25) is 0 Å². The molecule has 0 bridgehead atoms. The number of pyridine rings is 1. The van der Waals surface area contributed by atoms with Crippen molar-refractivity contribution in [3.05, 3.63) is 27.7 Å². The normalized spacial score (nSPS) is 22.2. The van der Waals surface area contributed by atoms with Crippen molar-refractivity contribution in [2.75, 3.05) is 0 Å². The number of aromatic amines is 2. The van der Waals surface area contributed by atoms with Gasteiger partial charge in [-0.15, -0.1) is 0 Å². The maximum Gasteiger partial charge on any atom is 0.273 e. The number of nitrogens with two attached hydrogens (primary N) is 1. The Bertz CT molecular complexity index is 702. The largest absolute Gasteiger partial charge is 0.346 e. The minimum Gasteiger partial charge on any atom is -0.346 e. The van der Waals surface area contributed by atoms with Crippen LogP contribution in [0.3, 0.4) is 0 Å². The van der Waals surface area contributed by atoms with Crippen LogP contribution in [0.4, 0.5) is 0 Å². The Hall–Kier alpha value is -2.15. The first-order valence-corrected chi connectivity index (χ1v) is 6.20. The van der Waals surface area contributed by atoms with Crippen LogP contribution in [0.15, 0.2) is 10.9 Å². The molecule has 2 aromatic heterocycles. The smallest absolute Gasteiger partial charge is 0.273 e. The number of nitrogens with zero attached hydrogens (tertiary/aromatic N) is 1. The SMILES string of the molecule is Cc1cc(C(=O)N[C@@H]2CC[C@@H]2N)nc2[nH][nH]c(=O)c12. The van der Waals surface area contributed by atoms with Crippen LogP contribution in [0, 0.1) is 6.92 Å². The zero-order valence-corrected chi connectivity index (χ0v) is 10.5. The molecule has 3 rings (SSSR count). The van der Waals surface area contributed by atoms with Gasteiger partial charge in [0.15, 0.2) is 5.65 Å². The number of fused-ring (bicyclic) bond motifs is 1. The molecule has 100 valence electrons. The van der Waals surface area contributed by atoms with Gasteiger partial charge in [0, 0.05) is 12.1 Å². The molecular formula is C12H15N5O2. The van der Waals surface area contributed by atoms with E-state index in [1.54, 1.807) is 13.0 Å². The van der Waals surface area contributed by atoms with Gasteiger partial charge < -0.3 is 11.1 Å². The van der Waals surface area contributed by atoms with Crippen LogP contribution >= 0.6 is 0 Å². The highest BCUT2D eigenvalue weighted by atomic mass is 16.2. The van der Waals surface area contributed by atoms with Crippen LogP contribution in [-0.4, -0.2) is 33.2 Å². The monoisotopic (exact) mass is 261 g/mol. The van der Waals surface area contributed by atoms with Crippen LogP contribution in [0.5, 0.6) is 0 Å². The van der Waals surface area contributed by atoms with Crippen molar-refractivity contribution in [1.29, 1.82) is 0 Å². The number of aromatic nitrogens is 3. The van der Waals surface area contributed by atoms with Crippen molar-refractivity contribution in [1.82, 2.24) is 20.5 Å². The third-order valence-electron chi connectivity index (χ3n) is 3.62. The summed E-state index contributed by atoms with van der Waals surface area (Å²) in [6, 6.07) is 1.67. The molecule has 0 spiro atoms. The number of carbonyl (C=O) groups is 1. The van der Waals surface area contributed by atoms with E-state index in [9.17, 15) is 9.59 Å². The van der Waals surface area contributed by atoms with Crippen LogP contribution in [0.2, 0.25) is 0 Å². The molecule has 0 aliphatic heterocycles. The number of rotatable bonds is 2. The zero-order chi connectivity index (χ0) is 13.6. The summed E-state index contributed by atoms with van der Waals surface area (Å²) in [6.07, 6.45) is 1.83. The summed E-state index contributed by atoms with van der Waals surface area (Å²) < 4.78 is 0. The third kappa shape index (κ3) is 1.91. The third-order valence-corrected chi connectivity index (χ3v) is 3.62. The van der Waals surface area contributed by atoms with Crippen LogP contribution in [-0.2, 0) is 0 Å². The second kappa shape index (κ2) is 4.20. The Kier molecular flexibility index (Phi) is 2.63. The fourth-order valence-electron chi connectivity index (χ4n) is 2.29. The Labute approximate surface area is 108 Å². The van der Waals surface area contributed by atoms with E-state index in [1.807, 2.05) is 0 Å².